The van der Waals surface area contributed by atoms with Crippen LogP contribution in [-0.2, 0) is 9.53 Å². The second kappa shape index (κ2) is 5.68. The van der Waals surface area contributed by atoms with Crippen LogP contribution in [0.4, 0.5) is 0 Å². The predicted octanol–water partition coefficient (Wildman–Crippen LogP) is 2.44. The average Bonchev–Trinajstić information content (AvgIpc) is 2.27. The molecule has 0 spiro atoms. The molecule has 0 heterocycles. The second-order valence-electron chi connectivity index (χ2n) is 3.44. The first kappa shape index (κ1) is 13.5. The van der Waals surface area contributed by atoms with Gasteiger partial charge in [-0.05, 0) is 25.5 Å². The van der Waals surface area contributed by atoms with E-state index in [9.17, 15) is 14.7 Å². The lowest BCUT2D eigenvalue weighted by atomic mass is 10.0. The molecule has 1 aromatic rings. The lowest BCUT2D eigenvalue weighted by Crippen LogP contribution is -2.12. The van der Waals surface area contributed by atoms with E-state index < -0.39 is 11.3 Å². The van der Waals surface area contributed by atoms with Gasteiger partial charge >= 0.3 is 5.97 Å². The smallest absolute Gasteiger partial charge is 0.342 e. The van der Waals surface area contributed by atoms with E-state index in [1.807, 2.05) is 0 Å². The summed E-state index contributed by atoms with van der Waals surface area (Å²) in [6.45, 7) is 3.15. The number of hydrogen-bond donors (Lipinski definition) is 1. The summed E-state index contributed by atoms with van der Waals surface area (Å²) < 4.78 is 4.81. The molecule has 0 aliphatic rings. The van der Waals surface area contributed by atoms with Gasteiger partial charge in [-0.25, -0.2) is 4.79 Å². The Morgan fingerprint density at radius 2 is 2.12 bits per heavy atom. The molecule has 0 saturated carbocycles. The van der Waals surface area contributed by atoms with Crippen LogP contribution in [0.2, 0.25) is 0 Å². The Labute approximate surface area is 104 Å². The Bertz CT molecular complexity index is 442. The summed E-state index contributed by atoms with van der Waals surface area (Å²) in [6, 6.07) is 4.39. The van der Waals surface area contributed by atoms with Crippen molar-refractivity contribution in [3.05, 3.63) is 29.3 Å². The van der Waals surface area contributed by atoms with E-state index in [1.54, 1.807) is 6.92 Å². The SMILES string of the molecule is CCOC(=O)c1c(O)cccc1C(Cl)C(C)=O. The summed E-state index contributed by atoms with van der Waals surface area (Å²) in [7, 11) is 0. The molecule has 4 nitrogen and oxygen atoms in total. The van der Waals surface area contributed by atoms with E-state index in [2.05, 4.69) is 0 Å². The van der Waals surface area contributed by atoms with E-state index in [0.717, 1.165) is 0 Å². The van der Waals surface area contributed by atoms with Crippen molar-refractivity contribution in [1.29, 1.82) is 0 Å². The van der Waals surface area contributed by atoms with Gasteiger partial charge in [0.15, 0.2) is 5.78 Å². The zero-order valence-corrected chi connectivity index (χ0v) is 10.3. The number of aromatic hydroxyl groups is 1. The molecule has 0 bridgehead atoms. The van der Waals surface area contributed by atoms with Crippen LogP contribution in [0.3, 0.4) is 0 Å². The Morgan fingerprint density at radius 1 is 1.47 bits per heavy atom. The number of benzene rings is 1. The number of Topliss-reactive ketones (excluding diaryl/α,β-unsaturated/α-hetero) is 1. The quantitative estimate of drug-likeness (QED) is 0.664. The minimum atomic E-state index is -0.971. The van der Waals surface area contributed by atoms with Crippen LogP contribution in [0.5, 0.6) is 5.75 Å². The molecular formula is C12H13ClO4. The van der Waals surface area contributed by atoms with Crippen LogP contribution < -0.4 is 0 Å². The Kier molecular flexibility index (Phi) is 4.52. The number of esters is 1. The van der Waals surface area contributed by atoms with Crippen molar-refractivity contribution < 1.29 is 19.4 Å². The van der Waals surface area contributed by atoms with E-state index in [0.29, 0.717) is 0 Å². The molecule has 0 amide bonds. The fourth-order valence-corrected chi connectivity index (χ4v) is 1.60. The monoisotopic (exact) mass is 256 g/mol. The number of carbonyl (C=O) groups is 2. The first-order chi connectivity index (χ1) is 7.99. The van der Waals surface area contributed by atoms with Gasteiger partial charge in [0.1, 0.15) is 16.7 Å². The Balaban J connectivity index is 3.26. The number of ether oxygens (including phenoxy) is 1. The summed E-state index contributed by atoms with van der Waals surface area (Å²) in [6.07, 6.45) is 0. The highest BCUT2D eigenvalue weighted by atomic mass is 35.5. The van der Waals surface area contributed by atoms with Gasteiger partial charge in [0.05, 0.1) is 6.61 Å². The zero-order valence-electron chi connectivity index (χ0n) is 9.57. The summed E-state index contributed by atoms with van der Waals surface area (Å²) >= 11 is 5.89. The van der Waals surface area contributed by atoms with Gasteiger partial charge in [0.2, 0.25) is 0 Å². The van der Waals surface area contributed by atoms with Gasteiger partial charge in [0, 0.05) is 0 Å². The molecule has 5 heteroatoms. The minimum Gasteiger partial charge on any atom is -0.507 e. The van der Waals surface area contributed by atoms with Crippen LogP contribution in [0, 0.1) is 0 Å². The third-order valence-corrected chi connectivity index (χ3v) is 2.73. The Hall–Kier alpha value is -1.55. The van der Waals surface area contributed by atoms with Crippen molar-refractivity contribution in [2.45, 2.75) is 19.2 Å². The van der Waals surface area contributed by atoms with Gasteiger partial charge in [0.25, 0.3) is 0 Å². The summed E-state index contributed by atoms with van der Waals surface area (Å²) in [4.78, 5) is 22.9. The number of halogens is 1. The number of carbonyl (C=O) groups excluding carboxylic acids is 2. The summed E-state index contributed by atoms with van der Waals surface area (Å²) in [5.74, 6) is -1.23. The minimum absolute atomic E-state index is 0.0513. The summed E-state index contributed by atoms with van der Waals surface area (Å²) in [5, 5.41) is 8.68. The highest BCUT2D eigenvalue weighted by molar-refractivity contribution is 6.31. The lowest BCUT2D eigenvalue weighted by Gasteiger charge is -2.12. The number of phenolic OH excluding ortho intramolecular Hbond substituents is 1. The molecule has 0 saturated heterocycles. The second-order valence-corrected chi connectivity index (χ2v) is 3.87. The van der Waals surface area contributed by atoms with Crippen molar-refractivity contribution >= 4 is 23.4 Å². The molecule has 1 rings (SSSR count). The van der Waals surface area contributed by atoms with E-state index >= 15 is 0 Å². The first-order valence-corrected chi connectivity index (χ1v) is 5.56. The maximum atomic E-state index is 11.7. The van der Waals surface area contributed by atoms with Crippen molar-refractivity contribution in [2.75, 3.05) is 6.61 Å². The van der Waals surface area contributed by atoms with Gasteiger partial charge in [-0.2, -0.15) is 0 Å². The van der Waals surface area contributed by atoms with E-state index in [-0.39, 0.29) is 29.3 Å². The number of rotatable bonds is 4. The average molecular weight is 257 g/mol. The molecule has 1 aromatic carbocycles. The fraction of sp³-hybridized carbons (Fsp3) is 0.333. The van der Waals surface area contributed by atoms with Crippen molar-refractivity contribution in [1.82, 2.24) is 0 Å². The highest BCUT2D eigenvalue weighted by Gasteiger charge is 2.24. The van der Waals surface area contributed by atoms with Crippen LogP contribution in [-0.4, -0.2) is 23.5 Å². The number of alkyl halides is 1. The third-order valence-electron chi connectivity index (χ3n) is 2.18. The molecule has 1 unspecified atom stereocenters. The zero-order chi connectivity index (χ0) is 13.0. The third kappa shape index (κ3) is 2.97. The molecule has 0 aromatic heterocycles. The molecule has 0 aliphatic heterocycles. The lowest BCUT2D eigenvalue weighted by molar-refractivity contribution is -0.116. The van der Waals surface area contributed by atoms with Gasteiger partial charge in [-0.15, -0.1) is 11.6 Å². The molecule has 1 atom stereocenters. The fourth-order valence-electron chi connectivity index (χ4n) is 1.41. The van der Waals surface area contributed by atoms with E-state index in [1.165, 1.54) is 25.1 Å². The number of hydrogen-bond acceptors (Lipinski definition) is 4. The van der Waals surface area contributed by atoms with Crippen LogP contribution >= 0.6 is 11.6 Å². The van der Waals surface area contributed by atoms with Gasteiger partial charge < -0.3 is 9.84 Å². The maximum Gasteiger partial charge on any atom is 0.342 e. The number of ketones is 1. The molecule has 92 valence electrons. The van der Waals surface area contributed by atoms with Crippen LogP contribution in [0.25, 0.3) is 0 Å². The van der Waals surface area contributed by atoms with Crippen molar-refractivity contribution in [3.63, 3.8) is 0 Å². The molecule has 0 radical (unpaired) electrons. The largest absolute Gasteiger partial charge is 0.507 e. The van der Waals surface area contributed by atoms with E-state index in [4.69, 9.17) is 16.3 Å². The van der Waals surface area contributed by atoms with Crippen molar-refractivity contribution in [2.24, 2.45) is 0 Å². The normalized spacial score (nSPS) is 11.9. The van der Waals surface area contributed by atoms with Gasteiger partial charge in [-0.1, -0.05) is 12.1 Å². The summed E-state index contributed by atoms with van der Waals surface area (Å²) in [5.41, 5.74) is 0.210. The topological polar surface area (TPSA) is 63.6 Å². The van der Waals surface area contributed by atoms with Gasteiger partial charge in [-0.3, -0.25) is 4.79 Å². The van der Waals surface area contributed by atoms with Crippen molar-refractivity contribution in [3.8, 4) is 5.75 Å². The molecule has 0 fully saturated rings. The predicted molar refractivity (Wildman–Crippen MR) is 63.3 cm³/mol. The molecular weight excluding hydrogens is 244 g/mol. The molecule has 1 N–H and O–H groups in total. The van der Waals surface area contributed by atoms with Crippen LogP contribution in [0.1, 0.15) is 35.1 Å². The molecule has 17 heavy (non-hydrogen) atoms. The Morgan fingerprint density at radius 3 is 2.65 bits per heavy atom. The standard InChI is InChI=1S/C12H13ClO4/c1-3-17-12(16)10-8(11(13)7(2)14)5-4-6-9(10)15/h4-6,11,15H,3H2,1-2H3. The van der Waals surface area contributed by atoms with Crippen LogP contribution in [0.15, 0.2) is 18.2 Å². The maximum absolute atomic E-state index is 11.7. The highest BCUT2D eigenvalue weighted by Crippen LogP contribution is 2.31. The number of phenols is 1. The first-order valence-electron chi connectivity index (χ1n) is 5.12. The molecule has 0 aliphatic carbocycles.